The van der Waals surface area contributed by atoms with Gasteiger partial charge in [0.15, 0.2) is 0 Å². The second-order valence-corrected chi connectivity index (χ2v) is 3.35. The SMILES string of the molecule is COc1ccc(/C=C/C(=O)NCCN=[N+]=[N-])cc1. The lowest BCUT2D eigenvalue weighted by Gasteiger charge is -1.99. The maximum absolute atomic E-state index is 11.3. The molecule has 18 heavy (non-hydrogen) atoms. The minimum atomic E-state index is -0.223. The van der Waals surface area contributed by atoms with E-state index in [1.807, 2.05) is 24.3 Å². The van der Waals surface area contributed by atoms with Crippen molar-refractivity contribution in [1.82, 2.24) is 5.32 Å². The number of carbonyl (C=O) groups excluding carboxylic acids is 1. The van der Waals surface area contributed by atoms with Gasteiger partial charge in [-0.25, -0.2) is 0 Å². The van der Waals surface area contributed by atoms with E-state index in [9.17, 15) is 4.79 Å². The fraction of sp³-hybridized carbons (Fsp3) is 0.250. The fourth-order valence-corrected chi connectivity index (χ4v) is 1.22. The molecule has 1 aromatic carbocycles. The number of methoxy groups -OCH3 is 1. The van der Waals surface area contributed by atoms with Crippen molar-refractivity contribution >= 4 is 12.0 Å². The molecule has 0 aliphatic rings. The summed E-state index contributed by atoms with van der Waals surface area (Å²) >= 11 is 0. The third-order valence-corrected chi connectivity index (χ3v) is 2.12. The van der Waals surface area contributed by atoms with Crippen molar-refractivity contribution in [2.24, 2.45) is 5.11 Å². The van der Waals surface area contributed by atoms with Crippen LogP contribution in [0.3, 0.4) is 0 Å². The van der Waals surface area contributed by atoms with E-state index in [0.717, 1.165) is 11.3 Å². The lowest BCUT2D eigenvalue weighted by molar-refractivity contribution is -0.116. The Labute approximate surface area is 105 Å². The summed E-state index contributed by atoms with van der Waals surface area (Å²) < 4.78 is 5.03. The van der Waals surface area contributed by atoms with Gasteiger partial charge in [-0.3, -0.25) is 4.79 Å². The molecule has 1 N–H and O–H groups in total. The Morgan fingerprint density at radius 3 is 2.83 bits per heavy atom. The average molecular weight is 246 g/mol. The highest BCUT2D eigenvalue weighted by Gasteiger charge is 1.94. The lowest BCUT2D eigenvalue weighted by atomic mass is 10.2. The van der Waals surface area contributed by atoms with Crippen LogP contribution < -0.4 is 10.1 Å². The summed E-state index contributed by atoms with van der Waals surface area (Å²) in [5.41, 5.74) is 8.95. The molecule has 1 amide bonds. The predicted octanol–water partition coefficient (Wildman–Crippen LogP) is 2.13. The molecule has 0 saturated carbocycles. The van der Waals surface area contributed by atoms with Gasteiger partial charge in [-0.1, -0.05) is 17.2 Å². The first-order chi connectivity index (χ1) is 8.76. The lowest BCUT2D eigenvalue weighted by Crippen LogP contribution is -2.23. The molecule has 6 heteroatoms. The van der Waals surface area contributed by atoms with Gasteiger partial charge in [-0.05, 0) is 29.3 Å². The van der Waals surface area contributed by atoms with Crippen LogP contribution in [-0.2, 0) is 4.79 Å². The minimum Gasteiger partial charge on any atom is -0.497 e. The molecule has 0 unspecified atom stereocenters. The summed E-state index contributed by atoms with van der Waals surface area (Å²) in [6.07, 6.45) is 3.13. The highest BCUT2D eigenvalue weighted by atomic mass is 16.5. The molecule has 0 spiro atoms. The Balaban J connectivity index is 2.42. The number of hydrogen-bond acceptors (Lipinski definition) is 3. The Bertz CT molecular complexity index is 461. The zero-order chi connectivity index (χ0) is 13.2. The third kappa shape index (κ3) is 5.05. The van der Waals surface area contributed by atoms with Crippen molar-refractivity contribution in [3.63, 3.8) is 0 Å². The highest BCUT2D eigenvalue weighted by Crippen LogP contribution is 2.11. The Hall–Kier alpha value is -2.46. The molecule has 0 saturated heterocycles. The number of azide groups is 1. The second-order valence-electron chi connectivity index (χ2n) is 3.35. The second kappa shape index (κ2) is 7.76. The van der Waals surface area contributed by atoms with Crippen LogP contribution in [-0.4, -0.2) is 26.1 Å². The quantitative estimate of drug-likeness (QED) is 0.274. The zero-order valence-electron chi connectivity index (χ0n) is 10.0. The molecule has 1 rings (SSSR count). The fourth-order valence-electron chi connectivity index (χ4n) is 1.22. The predicted molar refractivity (Wildman–Crippen MR) is 69.1 cm³/mol. The Morgan fingerprint density at radius 1 is 1.50 bits per heavy atom. The minimum absolute atomic E-state index is 0.223. The standard InChI is InChI=1S/C12H14N4O2/c1-18-11-5-2-10(3-6-11)4-7-12(17)14-8-9-15-16-13/h2-7H,8-9H2,1H3,(H,14,17)/b7-4+. The number of rotatable bonds is 6. The van der Waals surface area contributed by atoms with Crippen molar-refractivity contribution in [3.05, 3.63) is 46.3 Å². The van der Waals surface area contributed by atoms with Crippen molar-refractivity contribution < 1.29 is 9.53 Å². The molecule has 1 aromatic rings. The molecule has 0 fully saturated rings. The smallest absolute Gasteiger partial charge is 0.243 e. The summed E-state index contributed by atoms with van der Waals surface area (Å²) in [5, 5.41) is 5.90. The number of nitrogens with one attached hydrogen (secondary N) is 1. The zero-order valence-corrected chi connectivity index (χ0v) is 10.0. The summed E-state index contributed by atoms with van der Waals surface area (Å²) in [5.74, 6) is 0.546. The summed E-state index contributed by atoms with van der Waals surface area (Å²) in [7, 11) is 1.60. The van der Waals surface area contributed by atoms with Gasteiger partial charge in [0.05, 0.1) is 7.11 Å². The van der Waals surface area contributed by atoms with Crippen molar-refractivity contribution in [3.8, 4) is 5.75 Å². The van der Waals surface area contributed by atoms with Crippen LogP contribution in [0.2, 0.25) is 0 Å². The van der Waals surface area contributed by atoms with Crippen LogP contribution >= 0.6 is 0 Å². The normalized spacial score (nSPS) is 9.83. The van der Waals surface area contributed by atoms with E-state index in [1.165, 1.54) is 6.08 Å². The number of ether oxygens (including phenoxy) is 1. The molecular formula is C12H14N4O2. The summed E-state index contributed by atoms with van der Waals surface area (Å²) in [6.45, 7) is 0.578. The maximum atomic E-state index is 11.3. The van der Waals surface area contributed by atoms with Crippen LogP contribution in [0.25, 0.3) is 16.5 Å². The van der Waals surface area contributed by atoms with Crippen LogP contribution in [0, 0.1) is 0 Å². The van der Waals surface area contributed by atoms with E-state index in [1.54, 1.807) is 13.2 Å². The van der Waals surface area contributed by atoms with Gasteiger partial charge >= 0.3 is 0 Å². The highest BCUT2D eigenvalue weighted by molar-refractivity contribution is 5.91. The largest absolute Gasteiger partial charge is 0.497 e. The molecule has 0 heterocycles. The molecule has 0 aliphatic heterocycles. The van der Waals surface area contributed by atoms with Gasteiger partial charge in [0.1, 0.15) is 5.75 Å². The maximum Gasteiger partial charge on any atom is 0.243 e. The molecule has 0 aromatic heterocycles. The summed E-state index contributed by atoms with van der Waals surface area (Å²) in [4.78, 5) is 13.9. The monoisotopic (exact) mass is 246 g/mol. The Morgan fingerprint density at radius 2 is 2.22 bits per heavy atom. The van der Waals surface area contributed by atoms with E-state index in [2.05, 4.69) is 15.3 Å². The summed E-state index contributed by atoms with van der Waals surface area (Å²) in [6, 6.07) is 7.34. The van der Waals surface area contributed by atoms with Crippen molar-refractivity contribution in [1.29, 1.82) is 0 Å². The first-order valence-electron chi connectivity index (χ1n) is 5.37. The van der Waals surface area contributed by atoms with E-state index in [0.29, 0.717) is 6.54 Å². The van der Waals surface area contributed by atoms with Gasteiger partial charge in [-0.2, -0.15) is 0 Å². The average Bonchev–Trinajstić information content (AvgIpc) is 2.42. The molecular weight excluding hydrogens is 232 g/mol. The van der Waals surface area contributed by atoms with Crippen LogP contribution in [0.1, 0.15) is 5.56 Å². The van der Waals surface area contributed by atoms with E-state index in [4.69, 9.17) is 10.3 Å². The number of benzene rings is 1. The van der Waals surface area contributed by atoms with E-state index >= 15 is 0 Å². The molecule has 0 radical (unpaired) electrons. The molecule has 6 nitrogen and oxygen atoms in total. The molecule has 0 atom stereocenters. The van der Waals surface area contributed by atoms with E-state index < -0.39 is 0 Å². The number of amides is 1. The molecule has 94 valence electrons. The van der Waals surface area contributed by atoms with Gasteiger partial charge in [-0.15, -0.1) is 0 Å². The van der Waals surface area contributed by atoms with Crippen molar-refractivity contribution in [2.45, 2.75) is 0 Å². The van der Waals surface area contributed by atoms with E-state index in [-0.39, 0.29) is 12.5 Å². The molecule has 0 aliphatic carbocycles. The topological polar surface area (TPSA) is 87.1 Å². The van der Waals surface area contributed by atoms with Crippen molar-refractivity contribution in [2.75, 3.05) is 20.2 Å². The third-order valence-electron chi connectivity index (χ3n) is 2.12. The first kappa shape index (κ1) is 13.6. The van der Waals surface area contributed by atoms with Crippen LogP contribution in [0.15, 0.2) is 35.5 Å². The first-order valence-corrected chi connectivity index (χ1v) is 5.37. The van der Waals surface area contributed by atoms with Gasteiger partial charge in [0.25, 0.3) is 0 Å². The van der Waals surface area contributed by atoms with Gasteiger partial charge in [0.2, 0.25) is 5.91 Å². The molecule has 0 bridgehead atoms. The van der Waals surface area contributed by atoms with Crippen LogP contribution in [0.4, 0.5) is 0 Å². The number of hydrogen-bond donors (Lipinski definition) is 1. The van der Waals surface area contributed by atoms with Gasteiger partial charge < -0.3 is 10.1 Å². The number of nitrogens with zero attached hydrogens (tertiary/aromatic N) is 3. The Kier molecular flexibility index (Phi) is 5.86. The van der Waals surface area contributed by atoms with Gasteiger partial charge in [0, 0.05) is 24.1 Å². The number of carbonyl (C=O) groups is 1. The van der Waals surface area contributed by atoms with Crippen LogP contribution in [0.5, 0.6) is 5.75 Å².